The molecule has 0 saturated carbocycles. The SMILES string of the molecule is Cc1noc(C)c1CNc1cccc(Cl)c1C#N. The molecule has 0 radical (unpaired) electrons. The van der Waals surface area contributed by atoms with Gasteiger partial charge >= 0.3 is 0 Å². The molecule has 1 aromatic carbocycles. The topological polar surface area (TPSA) is 61.9 Å². The fourth-order valence-corrected chi connectivity index (χ4v) is 1.94. The van der Waals surface area contributed by atoms with Gasteiger partial charge in [-0.25, -0.2) is 0 Å². The summed E-state index contributed by atoms with van der Waals surface area (Å²) in [6.45, 7) is 4.30. The smallest absolute Gasteiger partial charge is 0.138 e. The van der Waals surface area contributed by atoms with Gasteiger partial charge in [0, 0.05) is 12.1 Å². The Hall–Kier alpha value is -1.99. The Morgan fingerprint density at radius 3 is 2.83 bits per heavy atom. The van der Waals surface area contributed by atoms with Crippen LogP contribution in [0.3, 0.4) is 0 Å². The Kier molecular flexibility index (Phi) is 3.54. The van der Waals surface area contributed by atoms with Crippen LogP contribution in [0.15, 0.2) is 22.7 Å². The highest BCUT2D eigenvalue weighted by Gasteiger charge is 2.10. The molecule has 92 valence electrons. The lowest BCUT2D eigenvalue weighted by atomic mass is 10.1. The van der Waals surface area contributed by atoms with E-state index in [0.717, 1.165) is 17.0 Å². The molecule has 0 aliphatic heterocycles. The molecule has 0 atom stereocenters. The molecule has 18 heavy (non-hydrogen) atoms. The van der Waals surface area contributed by atoms with Crippen LogP contribution in [0.25, 0.3) is 0 Å². The van der Waals surface area contributed by atoms with Crippen LogP contribution in [0.1, 0.15) is 22.6 Å². The van der Waals surface area contributed by atoms with Gasteiger partial charge in [0.25, 0.3) is 0 Å². The van der Waals surface area contributed by atoms with Crippen molar-refractivity contribution in [2.45, 2.75) is 20.4 Å². The number of aryl methyl sites for hydroxylation is 2. The van der Waals surface area contributed by atoms with E-state index in [4.69, 9.17) is 21.4 Å². The fraction of sp³-hybridized carbons (Fsp3) is 0.231. The number of halogens is 1. The Labute approximate surface area is 110 Å². The maximum atomic E-state index is 9.06. The highest BCUT2D eigenvalue weighted by atomic mass is 35.5. The average Bonchev–Trinajstić information content (AvgIpc) is 2.67. The molecule has 1 N–H and O–H groups in total. The molecule has 2 aromatic rings. The third kappa shape index (κ3) is 2.31. The van der Waals surface area contributed by atoms with E-state index in [0.29, 0.717) is 22.8 Å². The number of rotatable bonds is 3. The molecule has 1 aromatic heterocycles. The summed E-state index contributed by atoms with van der Waals surface area (Å²) in [7, 11) is 0. The molecule has 0 saturated heterocycles. The van der Waals surface area contributed by atoms with Crippen LogP contribution in [0.5, 0.6) is 0 Å². The monoisotopic (exact) mass is 261 g/mol. The van der Waals surface area contributed by atoms with Gasteiger partial charge in [-0.15, -0.1) is 0 Å². The number of nitrogens with one attached hydrogen (secondary N) is 1. The number of nitriles is 1. The average molecular weight is 262 g/mol. The van der Waals surface area contributed by atoms with E-state index < -0.39 is 0 Å². The van der Waals surface area contributed by atoms with Crippen LogP contribution in [-0.4, -0.2) is 5.16 Å². The second kappa shape index (κ2) is 5.11. The molecular weight excluding hydrogens is 250 g/mol. The van der Waals surface area contributed by atoms with Crippen molar-refractivity contribution in [3.8, 4) is 6.07 Å². The molecule has 4 nitrogen and oxygen atoms in total. The van der Waals surface area contributed by atoms with Gasteiger partial charge in [-0.2, -0.15) is 5.26 Å². The number of hydrogen-bond acceptors (Lipinski definition) is 4. The second-order valence-corrected chi connectivity index (χ2v) is 4.34. The first-order chi connectivity index (χ1) is 8.63. The maximum Gasteiger partial charge on any atom is 0.138 e. The second-order valence-electron chi connectivity index (χ2n) is 3.93. The van der Waals surface area contributed by atoms with Crippen molar-refractivity contribution in [2.75, 3.05) is 5.32 Å². The zero-order chi connectivity index (χ0) is 13.1. The lowest BCUT2D eigenvalue weighted by Gasteiger charge is -2.08. The van der Waals surface area contributed by atoms with Crippen molar-refractivity contribution in [3.05, 3.63) is 45.8 Å². The standard InChI is InChI=1S/C13H12ClN3O/c1-8-11(9(2)18-17-8)7-16-13-5-3-4-12(14)10(13)6-15/h3-5,16H,7H2,1-2H3. The third-order valence-electron chi connectivity index (χ3n) is 2.76. The molecular formula is C13H12ClN3O. The summed E-state index contributed by atoms with van der Waals surface area (Å²) in [5.74, 6) is 0.778. The molecule has 0 fully saturated rings. The first kappa shape index (κ1) is 12.5. The van der Waals surface area contributed by atoms with Crippen molar-refractivity contribution in [2.24, 2.45) is 0 Å². The normalized spacial score (nSPS) is 10.1. The van der Waals surface area contributed by atoms with Gasteiger partial charge in [0.2, 0.25) is 0 Å². The van der Waals surface area contributed by atoms with Crippen molar-refractivity contribution in [1.82, 2.24) is 5.16 Å². The van der Waals surface area contributed by atoms with Gasteiger partial charge in [-0.1, -0.05) is 22.8 Å². The van der Waals surface area contributed by atoms with Gasteiger partial charge in [0.1, 0.15) is 11.8 Å². The largest absolute Gasteiger partial charge is 0.380 e. The summed E-state index contributed by atoms with van der Waals surface area (Å²) < 4.78 is 5.08. The van der Waals surface area contributed by atoms with Crippen molar-refractivity contribution < 1.29 is 4.52 Å². The maximum absolute atomic E-state index is 9.06. The van der Waals surface area contributed by atoms with Crippen LogP contribution in [0.4, 0.5) is 5.69 Å². The molecule has 0 aliphatic carbocycles. The van der Waals surface area contributed by atoms with E-state index in [9.17, 15) is 0 Å². The van der Waals surface area contributed by atoms with E-state index >= 15 is 0 Å². The number of aromatic nitrogens is 1. The van der Waals surface area contributed by atoms with Gasteiger partial charge in [-0.3, -0.25) is 0 Å². The summed E-state index contributed by atoms with van der Waals surface area (Å²) in [5, 5.41) is 16.6. The zero-order valence-electron chi connectivity index (χ0n) is 10.1. The van der Waals surface area contributed by atoms with Crippen LogP contribution < -0.4 is 5.32 Å². The zero-order valence-corrected chi connectivity index (χ0v) is 10.9. The van der Waals surface area contributed by atoms with Crippen LogP contribution >= 0.6 is 11.6 Å². The Bertz CT molecular complexity index is 594. The Morgan fingerprint density at radius 1 is 1.44 bits per heavy atom. The fourth-order valence-electron chi connectivity index (χ4n) is 1.72. The Morgan fingerprint density at radius 2 is 2.22 bits per heavy atom. The summed E-state index contributed by atoms with van der Waals surface area (Å²) in [6, 6.07) is 7.41. The third-order valence-corrected chi connectivity index (χ3v) is 3.08. The molecule has 0 unspecified atom stereocenters. The first-order valence-electron chi connectivity index (χ1n) is 5.47. The van der Waals surface area contributed by atoms with Crippen LogP contribution in [-0.2, 0) is 6.54 Å². The van der Waals surface area contributed by atoms with E-state index in [2.05, 4.69) is 16.5 Å². The minimum Gasteiger partial charge on any atom is -0.380 e. The van der Waals surface area contributed by atoms with Crippen molar-refractivity contribution in [3.63, 3.8) is 0 Å². The summed E-state index contributed by atoms with van der Waals surface area (Å²) in [6.07, 6.45) is 0. The van der Waals surface area contributed by atoms with Gasteiger partial charge in [0.05, 0.1) is 22.0 Å². The van der Waals surface area contributed by atoms with E-state index in [1.807, 2.05) is 19.9 Å². The highest BCUT2D eigenvalue weighted by Crippen LogP contribution is 2.24. The van der Waals surface area contributed by atoms with Gasteiger partial charge < -0.3 is 9.84 Å². The number of nitrogens with zero attached hydrogens (tertiary/aromatic N) is 2. The summed E-state index contributed by atoms with van der Waals surface area (Å²) in [5.41, 5.74) is 3.01. The highest BCUT2D eigenvalue weighted by molar-refractivity contribution is 6.32. The van der Waals surface area contributed by atoms with Gasteiger partial charge in [0.15, 0.2) is 0 Å². The lowest BCUT2D eigenvalue weighted by Crippen LogP contribution is -2.03. The number of anilines is 1. The molecule has 0 bridgehead atoms. The van der Waals surface area contributed by atoms with Gasteiger partial charge in [-0.05, 0) is 26.0 Å². The minimum absolute atomic E-state index is 0.446. The molecule has 0 amide bonds. The number of hydrogen-bond donors (Lipinski definition) is 1. The minimum atomic E-state index is 0.446. The quantitative estimate of drug-likeness (QED) is 0.919. The van der Waals surface area contributed by atoms with Crippen LogP contribution in [0, 0.1) is 25.2 Å². The van der Waals surface area contributed by atoms with E-state index in [1.165, 1.54) is 0 Å². The lowest BCUT2D eigenvalue weighted by molar-refractivity contribution is 0.392. The summed E-state index contributed by atoms with van der Waals surface area (Å²) >= 11 is 5.96. The summed E-state index contributed by atoms with van der Waals surface area (Å²) in [4.78, 5) is 0. The predicted octanol–water partition coefficient (Wildman–Crippen LogP) is 3.43. The van der Waals surface area contributed by atoms with E-state index in [-0.39, 0.29) is 0 Å². The van der Waals surface area contributed by atoms with Crippen molar-refractivity contribution in [1.29, 1.82) is 5.26 Å². The Balaban J connectivity index is 2.22. The molecule has 0 aliphatic rings. The number of benzene rings is 1. The molecule has 0 spiro atoms. The predicted molar refractivity (Wildman–Crippen MR) is 69.5 cm³/mol. The molecule has 1 heterocycles. The van der Waals surface area contributed by atoms with E-state index in [1.54, 1.807) is 12.1 Å². The molecule has 2 rings (SSSR count). The van der Waals surface area contributed by atoms with Crippen LogP contribution in [0.2, 0.25) is 5.02 Å². The molecule has 5 heteroatoms. The first-order valence-corrected chi connectivity index (χ1v) is 5.85. The van der Waals surface area contributed by atoms with Crippen molar-refractivity contribution >= 4 is 17.3 Å².